The molecular weight excluding hydrogens is 337 g/mol. The van der Waals surface area contributed by atoms with Crippen molar-refractivity contribution in [1.82, 2.24) is 14.8 Å². The topological polar surface area (TPSA) is 69.0 Å². The summed E-state index contributed by atoms with van der Waals surface area (Å²) in [5, 5.41) is 6.22. The molecule has 9 heteroatoms. The van der Waals surface area contributed by atoms with E-state index in [9.17, 15) is 18.0 Å². The summed E-state index contributed by atoms with van der Waals surface area (Å²) in [7, 11) is 0. The molecule has 1 heterocycles. The number of rotatable bonds is 5. The molecule has 0 aliphatic heterocycles. The highest BCUT2D eigenvalue weighted by atomic mass is 19.1. The van der Waals surface area contributed by atoms with Crippen LogP contribution in [-0.4, -0.2) is 27.3 Å². The standard InChI is InChI=1S/C16H11F3N4O2/c17-10-1-4-15(13(19)5-10)25-7-16(24)22-11-2-3-14(12(18)6-11)23-9-20-8-21-23/h1-6,8-9H,7H2,(H,22,24). The summed E-state index contributed by atoms with van der Waals surface area (Å²) in [6, 6.07) is 6.72. The lowest BCUT2D eigenvalue weighted by molar-refractivity contribution is -0.118. The van der Waals surface area contributed by atoms with Gasteiger partial charge in [-0.3, -0.25) is 4.79 Å². The van der Waals surface area contributed by atoms with Crippen molar-refractivity contribution in [3.8, 4) is 11.4 Å². The Balaban J connectivity index is 1.62. The number of aromatic nitrogens is 3. The van der Waals surface area contributed by atoms with E-state index in [1.807, 2.05) is 0 Å². The highest BCUT2D eigenvalue weighted by Gasteiger charge is 2.11. The number of hydrogen-bond acceptors (Lipinski definition) is 4. The van der Waals surface area contributed by atoms with Crippen molar-refractivity contribution in [1.29, 1.82) is 0 Å². The van der Waals surface area contributed by atoms with Gasteiger partial charge in [0.15, 0.2) is 24.0 Å². The van der Waals surface area contributed by atoms with Gasteiger partial charge in [0.1, 0.15) is 24.2 Å². The van der Waals surface area contributed by atoms with Crippen LogP contribution in [0.3, 0.4) is 0 Å². The van der Waals surface area contributed by atoms with Crippen molar-refractivity contribution in [2.75, 3.05) is 11.9 Å². The predicted molar refractivity (Wildman–Crippen MR) is 81.8 cm³/mol. The van der Waals surface area contributed by atoms with E-state index in [1.165, 1.54) is 29.5 Å². The Labute approximate surface area is 139 Å². The first-order chi connectivity index (χ1) is 12.0. The van der Waals surface area contributed by atoms with Crippen molar-refractivity contribution < 1.29 is 22.7 Å². The molecule has 0 bridgehead atoms. The Bertz CT molecular complexity index is 900. The van der Waals surface area contributed by atoms with Gasteiger partial charge in [-0.2, -0.15) is 5.10 Å². The van der Waals surface area contributed by atoms with E-state index in [4.69, 9.17) is 4.74 Å². The van der Waals surface area contributed by atoms with Crippen molar-refractivity contribution in [3.63, 3.8) is 0 Å². The first-order valence-corrected chi connectivity index (χ1v) is 7.05. The van der Waals surface area contributed by atoms with E-state index >= 15 is 0 Å². The lowest BCUT2D eigenvalue weighted by Gasteiger charge is -2.09. The third-order valence-corrected chi connectivity index (χ3v) is 3.15. The smallest absolute Gasteiger partial charge is 0.262 e. The summed E-state index contributed by atoms with van der Waals surface area (Å²) in [5.74, 6) is -3.18. The fourth-order valence-electron chi connectivity index (χ4n) is 2.04. The van der Waals surface area contributed by atoms with Crippen LogP contribution in [0, 0.1) is 17.5 Å². The minimum Gasteiger partial charge on any atom is -0.481 e. The Morgan fingerprint density at radius 2 is 1.96 bits per heavy atom. The molecule has 128 valence electrons. The third-order valence-electron chi connectivity index (χ3n) is 3.15. The first kappa shape index (κ1) is 16.5. The summed E-state index contributed by atoms with van der Waals surface area (Å²) in [4.78, 5) is 15.5. The van der Waals surface area contributed by atoms with Gasteiger partial charge in [0.25, 0.3) is 5.91 Å². The zero-order valence-corrected chi connectivity index (χ0v) is 12.6. The second-order valence-corrected chi connectivity index (χ2v) is 4.92. The minimum absolute atomic E-state index is 0.167. The van der Waals surface area contributed by atoms with E-state index in [1.54, 1.807) is 0 Å². The van der Waals surface area contributed by atoms with E-state index in [0.29, 0.717) is 6.07 Å². The number of carbonyl (C=O) groups is 1. The normalized spacial score (nSPS) is 10.5. The van der Waals surface area contributed by atoms with Gasteiger partial charge >= 0.3 is 0 Å². The van der Waals surface area contributed by atoms with Gasteiger partial charge in [0.05, 0.1) is 0 Å². The maximum Gasteiger partial charge on any atom is 0.262 e. The molecule has 0 radical (unpaired) electrons. The van der Waals surface area contributed by atoms with Gasteiger partial charge in [-0.05, 0) is 30.3 Å². The number of benzene rings is 2. The quantitative estimate of drug-likeness (QED) is 0.770. The van der Waals surface area contributed by atoms with Crippen LogP contribution < -0.4 is 10.1 Å². The number of anilines is 1. The molecule has 0 saturated carbocycles. The number of carbonyl (C=O) groups excluding carboxylic acids is 1. The maximum atomic E-state index is 14.0. The second kappa shape index (κ2) is 7.04. The van der Waals surface area contributed by atoms with E-state index in [0.717, 1.165) is 18.2 Å². The fraction of sp³-hybridized carbons (Fsp3) is 0.0625. The van der Waals surface area contributed by atoms with Gasteiger partial charge < -0.3 is 10.1 Å². The number of hydrogen-bond donors (Lipinski definition) is 1. The molecule has 0 saturated heterocycles. The van der Waals surface area contributed by atoms with Crippen LogP contribution in [0.1, 0.15) is 0 Å². The molecule has 1 N–H and O–H groups in total. The largest absolute Gasteiger partial charge is 0.481 e. The predicted octanol–water partition coefficient (Wildman–Crippen LogP) is 2.70. The highest BCUT2D eigenvalue weighted by Crippen LogP contribution is 2.19. The molecule has 0 fully saturated rings. The summed E-state index contributed by atoms with van der Waals surface area (Å²) in [6.45, 7) is -0.519. The molecule has 25 heavy (non-hydrogen) atoms. The van der Waals surface area contributed by atoms with Crippen LogP contribution in [0.4, 0.5) is 18.9 Å². The van der Waals surface area contributed by atoms with Gasteiger partial charge in [-0.1, -0.05) is 0 Å². The van der Waals surface area contributed by atoms with E-state index in [2.05, 4.69) is 15.4 Å². The van der Waals surface area contributed by atoms with Crippen molar-refractivity contribution in [2.45, 2.75) is 0 Å². The lowest BCUT2D eigenvalue weighted by Crippen LogP contribution is -2.20. The number of amides is 1. The third kappa shape index (κ3) is 3.94. The highest BCUT2D eigenvalue weighted by molar-refractivity contribution is 5.92. The molecule has 0 aliphatic carbocycles. The average Bonchev–Trinajstić information content (AvgIpc) is 3.08. The molecule has 6 nitrogen and oxygen atoms in total. The molecule has 0 atom stereocenters. The zero-order chi connectivity index (χ0) is 17.8. The molecule has 3 rings (SSSR count). The van der Waals surface area contributed by atoms with Crippen LogP contribution >= 0.6 is 0 Å². The molecular formula is C16H11F3N4O2. The van der Waals surface area contributed by atoms with Crippen LogP contribution in [0.25, 0.3) is 5.69 Å². The van der Waals surface area contributed by atoms with Gasteiger partial charge in [0.2, 0.25) is 0 Å². The van der Waals surface area contributed by atoms with Crippen molar-refractivity contribution in [2.24, 2.45) is 0 Å². The monoisotopic (exact) mass is 348 g/mol. The van der Waals surface area contributed by atoms with Crippen LogP contribution in [-0.2, 0) is 4.79 Å². The average molecular weight is 348 g/mol. The fourth-order valence-corrected chi connectivity index (χ4v) is 2.04. The summed E-state index contributed by atoms with van der Waals surface area (Å²) < 4.78 is 46.4. The van der Waals surface area contributed by atoms with Gasteiger partial charge in [-0.25, -0.2) is 22.8 Å². The van der Waals surface area contributed by atoms with Crippen molar-refractivity contribution in [3.05, 3.63) is 66.5 Å². The Kier molecular flexibility index (Phi) is 4.64. The molecule has 1 aromatic heterocycles. The minimum atomic E-state index is -0.920. The number of nitrogens with one attached hydrogen (secondary N) is 1. The number of halogens is 3. The lowest BCUT2D eigenvalue weighted by atomic mass is 10.2. The molecule has 0 spiro atoms. The second-order valence-electron chi connectivity index (χ2n) is 4.92. The maximum absolute atomic E-state index is 14.0. The molecule has 0 aliphatic rings. The molecule has 1 amide bonds. The molecule has 0 unspecified atom stereocenters. The number of ether oxygens (including phenoxy) is 1. The Morgan fingerprint density at radius 1 is 1.12 bits per heavy atom. The van der Waals surface area contributed by atoms with E-state index < -0.39 is 30.0 Å². The SMILES string of the molecule is O=C(COc1ccc(F)cc1F)Nc1ccc(-n2cncn2)c(F)c1. The molecule has 2 aromatic carbocycles. The first-order valence-electron chi connectivity index (χ1n) is 7.05. The Morgan fingerprint density at radius 3 is 2.64 bits per heavy atom. The number of nitrogens with zero attached hydrogens (tertiary/aromatic N) is 3. The van der Waals surface area contributed by atoms with E-state index in [-0.39, 0.29) is 17.1 Å². The summed E-state index contributed by atoms with van der Waals surface area (Å²) in [5.41, 5.74) is 0.356. The summed E-state index contributed by atoms with van der Waals surface area (Å²) in [6.07, 6.45) is 2.60. The van der Waals surface area contributed by atoms with Crippen molar-refractivity contribution >= 4 is 11.6 Å². The molecule has 3 aromatic rings. The van der Waals surface area contributed by atoms with Crippen LogP contribution in [0.15, 0.2) is 49.1 Å². The van der Waals surface area contributed by atoms with Gasteiger partial charge in [0, 0.05) is 11.8 Å². The Hall–Kier alpha value is -3.36. The van der Waals surface area contributed by atoms with Crippen LogP contribution in [0.5, 0.6) is 5.75 Å². The van der Waals surface area contributed by atoms with Crippen LogP contribution in [0.2, 0.25) is 0 Å². The summed E-state index contributed by atoms with van der Waals surface area (Å²) >= 11 is 0. The van der Waals surface area contributed by atoms with Gasteiger partial charge in [-0.15, -0.1) is 0 Å². The zero-order valence-electron chi connectivity index (χ0n) is 12.6.